The van der Waals surface area contributed by atoms with Crippen molar-refractivity contribution in [3.05, 3.63) is 49.8 Å². The van der Waals surface area contributed by atoms with Gasteiger partial charge in [-0.25, -0.2) is 0 Å². The molecule has 0 radical (unpaired) electrons. The lowest BCUT2D eigenvalue weighted by atomic mass is 10.1. The zero-order valence-corrected chi connectivity index (χ0v) is 13.1. The van der Waals surface area contributed by atoms with Gasteiger partial charge in [-0.2, -0.15) is 0 Å². The van der Waals surface area contributed by atoms with Crippen molar-refractivity contribution in [2.75, 3.05) is 6.54 Å². The minimum Gasteiger partial charge on any atom is -0.309 e. The molecule has 2 aromatic rings. The molecule has 0 aromatic carbocycles. The van der Waals surface area contributed by atoms with E-state index in [0.717, 1.165) is 28.2 Å². The third-order valence-electron chi connectivity index (χ3n) is 2.65. The summed E-state index contributed by atoms with van der Waals surface area (Å²) < 4.78 is 1.16. The van der Waals surface area contributed by atoms with E-state index in [0.29, 0.717) is 0 Å². The molecule has 0 aliphatic carbocycles. The van der Waals surface area contributed by atoms with E-state index in [4.69, 9.17) is 11.6 Å². The lowest BCUT2D eigenvalue weighted by molar-refractivity contribution is 0.539. The molecule has 1 unspecified atom stereocenters. The molecule has 18 heavy (non-hydrogen) atoms. The van der Waals surface area contributed by atoms with E-state index in [2.05, 4.69) is 44.6 Å². The van der Waals surface area contributed by atoms with Crippen LogP contribution >= 0.6 is 38.9 Å². The fraction of sp³-hybridized carbons (Fsp3) is 0.308. The molecule has 2 heterocycles. The SMILES string of the molecule is CCNC(Cc1sccc1Br)c1ncccc1Cl. The molecule has 0 saturated heterocycles. The van der Waals surface area contributed by atoms with Crippen LogP contribution in [0.3, 0.4) is 0 Å². The van der Waals surface area contributed by atoms with Crippen LogP contribution in [0.2, 0.25) is 5.02 Å². The van der Waals surface area contributed by atoms with Crippen LogP contribution in [-0.2, 0) is 6.42 Å². The highest BCUT2D eigenvalue weighted by Gasteiger charge is 2.17. The smallest absolute Gasteiger partial charge is 0.0762 e. The van der Waals surface area contributed by atoms with Crippen LogP contribution < -0.4 is 5.32 Å². The number of hydrogen-bond acceptors (Lipinski definition) is 3. The number of rotatable bonds is 5. The van der Waals surface area contributed by atoms with E-state index < -0.39 is 0 Å². The minimum atomic E-state index is 0.152. The molecule has 0 fully saturated rings. The molecule has 0 amide bonds. The van der Waals surface area contributed by atoms with E-state index in [1.54, 1.807) is 17.5 Å². The zero-order chi connectivity index (χ0) is 13.0. The molecular formula is C13H14BrClN2S. The highest BCUT2D eigenvalue weighted by Crippen LogP contribution is 2.29. The fourth-order valence-electron chi connectivity index (χ4n) is 1.82. The van der Waals surface area contributed by atoms with Gasteiger partial charge in [-0.1, -0.05) is 18.5 Å². The molecule has 1 atom stereocenters. The van der Waals surface area contributed by atoms with Crippen molar-refractivity contribution in [2.24, 2.45) is 0 Å². The zero-order valence-electron chi connectivity index (χ0n) is 9.99. The second-order valence-corrected chi connectivity index (χ2v) is 6.14. The van der Waals surface area contributed by atoms with Gasteiger partial charge < -0.3 is 5.32 Å². The van der Waals surface area contributed by atoms with Gasteiger partial charge in [0.2, 0.25) is 0 Å². The van der Waals surface area contributed by atoms with Crippen LogP contribution in [0, 0.1) is 0 Å². The lowest BCUT2D eigenvalue weighted by Crippen LogP contribution is -2.24. The van der Waals surface area contributed by atoms with Crippen molar-refractivity contribution in [2.45, 2.75) is 19.4 Å². The van der Waals surface area contributed by atoms with Gasteiger partial charge in [0.1, 0.15) is 0 Å². The summed E-state index contributed by atoms with van der Waals surface area (Å²) in [6, 6.07) is 5.97. The van der Waals surface area contributed by atoms with Crippen LogP contribution in [0.1, 0.15) is 23.5 Å². The molecule has 2 nitrogen and oxygen atoms in total. The number of halogens is 2. The van der Waals surface area contributed by atoms with Gasteiger partial charge in [-0.3, -0.25) is 4.98 Å². The number of hydrogen-bond donors (Lipinski definition) is 1. The lowest BCUT2D eigenvalue weighted by Gasteiger charge is -2.18. The van der Waals surface area contributed by atoms with Crippen molar-refractivity contribution < 1.29 is 0 Å². The molecule has 5 heteroatoms. The number of nitrogens with zero attached hydrogens (tertiary/aromatic N) is 1. The maximum atomic E-state index is 6.22. The Morgan fingerprint density at radius 2 is 2.33 bits per heavy atom. The van der Waals surface area contributed by atoms with Gasteiger partial charge in [0.05, 0.1) is 16.8 Å². The first-order valence-corrected chi connectivity index (χ1v) is 7.83. The van der Waals surface area contributed by atoms with Crippen LogP contribution in [0.15, 0.2) is 34.2 Å². The van der Waals surface area contributed by atoms with Crippen LogP contribution in [0.5, 0.6) is 0 Å². The van der Waals surface area contributed by atoms with Gasteiger partial charge in [0.25, 0.3) is 0 Å². The monoisotopic (exact) mass is 344 g/mol. The summed E-state index contributed by atoms with van der Waals surface area (Å²) in [7, 11) is 0. The van der Waals surface area contributed by atoms with Crippen molar-refractivity contribution in [1.82, 2.24) is 10.3 Å². The summed E-state index contributed by atoms with van der Waals surface area (Å²) >= 11 is 11.5. The molecule has 0 aliphatic heterocycles. The third kappa shape index (κ3) is 3.32. The number of pyridine rings is 1. The van der Waals surface area contributed by atoms with Crippen molar-refractivity contribution in [3.8, 4) is 0 Å². The summed E-state index contributed by atoms with van der Waals surface area (Å²) in [5.41, 5.74) is 0.918. The second-order valence-electron chi connectivity index (χ2n) is 3.88. The number of aromatic nitrogens is 1. The van der Waals surface area contributed by atoms with Crippen LogP contribution in [-0.4, -0.2) is 11.5 Å². The standard InChI is InChI=1S/C13H14BrClN2S/c1-2-16-11(8-12-9(14)5-7-18-12)13-10(15)4-3-6-17-13/h3-7,11,16H,2,8H2,1H3. The first-order valence-electron chi connectivity index (χ1n) is 5.78. The average molecular weight is 346 g/mol. The number of thiophene rings is 1. The Morgan fingerprint density at radius 3 is 2.94 bits per heavy atom. The van der Waals surface area contributed by atoms with E-state index in [1.165, 1.54) is 4.88 Å². The highest BCUT2D eigenvalue weighted by molar-refractivity contribution is 9.10. The number of nitrogens with one attached hydrogen (secondary N) is 1. The van der Waals surface area contributed by atoms with Gasteiger partial charge in [-0.05, 0) is 46.1 Å². The minimum absolute atomic E-state index is 0.152. The summed E-state index contributed by atoms with van der Waals surface area (Å²) in [5, 5.41) is 6.25. The highest BCUT2D eigenvalue weighted by atomic mass is 79.9. The van der Waals surface area contributed by atoms with Crippen molar-refractivity contribution in [1.29, 1.82) is 0 Å². The van der Waals surface area contributed by atoms with Crippen LogP contribution in [0.25, 0.3) is 0 Å². The average Bonchev–Trinajstić information content (AvgIpc) is 2.75. The summed E-state index contributed by atoms with van der Waals surface area (Å²) in [6.45, 7) is 2.98. The topological polar surface area (TPSA) is 24.9 Å². The van der Waals surface area contributed by atoms with Crippen molar-refractivity contribution >= 4 is 38.9 Å². The molecule has 2 aromatic heterocycles. The summed E-state index contributed by atoms with van der Waals surface area (Å²) in [4.78, 5) is 5.71. The van der Waals surface area contributed by atoms with E-state index >= 15 is 0 Å². The molecule has 96 valence electrons. The predicted octanol–water partition coefficient (Wildman–Crippen LogP) is 4.45. The largest absolute Gasteiger partial charge is 0.309 e. The molecule has 0 saturated carbocycles. The quantitative estimate of drug-likeness (QED) is 0.866. The Hall–Kier alpha value is -0.420. The first-order chi connectivity index (χ1) is 8.72. The van der Waals surface area contributed by atoms with Gasteiger partial charge >= 0.3 is 0 Å². The maximum Gasteiger partial charge on any atom is 0.0762 e. The summed E-state index contributed by atoms with van der Waals surface area (Å²) in [5.74, 6) is 0. The maximum absolute atomic E-state index is 6.22. The normalized spacial score (nSPS) is 12.6. The van der Waals surface area contributed by atoms with Gasteiger partial charge in [0.15, 0.2) is 0 Å². The second kappa shape index (κ2) is 6.66. The molecule has 0 spiro atoms. The Balaban J connectivity index is 2.24. The van der Waals surface area contributed by atoms with Crippen LogP contribution in [0.4, 0.5) is 0 Å². The Labute approximate surface area is 125 Å². The Morgan fingerprint density at radius 1 is 1.50 bits per heavy atom. The Bertz CT molecular complexity index is 515. The molecule has 0 bridgehead atoms. The predicted molar refractivity (Wildman–Crippen MR) is 81.4 cm³/mol. The summed E-state index contributed by atoms with van der Waals surface area (Å²) in [6.07, 6.45) is 2.68. The first kappa shape index (κ1) is 14.0. The van der Waals surface area contributed by atoms with Gasteiger partial charge in [0, 0.05) is 22.0 Å². The molecule has 2 rings (SSSR count). The van der Waals surface area contributed by atoms with Crippen molar-refractivity contribution in [3.63, 3.8) is 0 Å². The third-order valence-corrected chi connectivity index (χ3v) is 4.92. The van der Waals surface area contributed by atoms with Gasteiger partial charge in [-0.15, -0.1) is 11.3 Å². The van der Waals surface area contributed by atoms with E-state index in [9.17, 15) is 0 Å². The molecular weight excluding hydrogens is 332 g/mol. The molecule has 0 aliphatic rings. The Kier molecular flexibility index (Phi) is 5.18. The molecule has 1 N–H and O–H groups in total. The fourth-order valence-corrected chi connectivity index (χ4v) is 3.64. The number of likely N-dealkylation sites (N-methyl/N-ethyl adjacent to an activating group) is 1. The van der Waals surface area contributed by atoms with E-state index in [-0.39, 0.29) is 6.04 Å². The van der Waals surface area contributed by atoms with E-state index in [1.807, 2.05) is 12.1 Å².